The summed E-state index contributed by atoms with van der Waals surface area (Å²) < 4.78 is 28.4. The van der Waals surface area contributed by atoms with Gasteiger partial charge in [-0.15, -0.1) is 3.97 Å². The lowest BCUT2D eigenvalue weighted by Crippen LogP contribution is -3.00. The molecule has 0 atom stereocenters. The molecule has 0 saturated carbocycles. The van der Waals surface area contributed by atoms with E-state index in [4.69, 9.17) is 0 Å². The van der Waals surface area contributed by atoms with Gasteiger partial charge in [0.15, 0.2) is 0 Å². The second kappa shape index (κ2) is 13.6. The highest BCUT2D eigenvalue weighted by Gasteiger charge is 2.22. The van der Waals surface area contributed by atoms with E-state index < -0.39 is 10.2 Å². The molecule has 1 heterocycles. The maximum atomic E-state index is 12.0. The first-order valence-electron chi connectivity index (χ1n) is 9.48. The molecule has 0 aliphatic heterocycles. The largest absolute Gasteiger partial charge is 1.00 e. The topological polar surface area (TPSA) is 46.2 Å². The van der Waals surface area contributed by atoms with Crippen LogP contribution in [-0.4, -0.2) is 30.8 Å². The number of hydrogen-bond acceptors (Lipinski definition) is 2. The standard InChI is InChI=1S/C18H36N3O2S.ClH/c1-4-5-6-7-8-9-10-11-12-13-14-15-20-16-17-21(18-20)24(22,23)19(2)3;/h16-18H,4-15H2,1-3H3;1H/q+1;/p-1. The molecule has 0 aromatic carbocycles. The Kier molecular flexibility index (Phi) is 13.3. The Bertz CT molecular complexity index is 544. The van der Waals surface area contributed by atoms with Gasteiger partial charge in [-0.3, -0.25) is 0 Å². The highest BCUT2D eigenvalue weighted by atomic mass is 35.5. The molecule has 1 aromatic heterocycles. The Morgan fingerprint density at radius 1 is 0.880 bits per heavy atom. The summed E-state index contributed by atoms with van der Waals surface area (Å²) in [6.45, 7) is 3.14. The molecule has 0 amide bonds. The van der Waals surface area contributed by atoms with Crippen LogP contribution in [0.15, 0.2) is 18.7 Å². The molecular weight excluding hydrogens is 358 g/mol. The van der Waals surface area contributed by atoms with Gasteiger partial charge < -0.3 is 12.4 Å². The molecule has 1 aromatic rings. The Hall–Kier alpha value is -0.590. The maximum Gasteiger partial charge on any atom is 0.379 e. The van der Waals surface area contributed by atoms with Crippen LogP contribution in [0.4, 0.5) is 0 Å². The number of unbranched alkanes of at least 4 members (excludes halogenated alkanes) is 10. The van der Waals surface area contributed by atoms with Crippen LogP contribution < -0.4 is 17.0 Å². The van der Waals surface area contributed by atoms with Gasteiger partial charge >= 0.3 is 10.2 Å². The normalized spacial score (nSPS) is 11.7. The van der Waals surface area contributed by atoms with Gasteiger partial charge in [0.1, 0.15) is 12.4 Å². The van der Waals surface area contributed by atoms with Crippen LogP contribution in [-0.2, 0) is 16.8 Å². The molecule has 0 aliphatic rings. The summed E-state index contributed by atoms with van der Waals surface area (Å²) in [5.41, 5.74) is 0. The molecular formula is C18H36ClN3O2S. The van der Waals surface area contributed by atoms with Crippen LogP contribution >= 0.6 is 0 Å². The van der Waals surface area contributed by atoms with Gasteiger partial charge in [0.25, 0.3) is 6.33 Å². The zero-order valence-corrected chi connectivity index (χ0v) is 17.7. The number of nitrogens with zero attached hydrogens (tertiary/aromatic N) is 3. The van der Waals surface area contributed by atoms with Crippen molar-refractivity contribution in [3.8, 4) is 0 Å². The molecule has 0 fully saturated rings. The average Bonchev–Trinajstić information content (AvgIpc) is 3.02. The lowest BCUT2D eigenvalue weighted by molar-refractivity contribution is -0.696. The molecule has 0 N–H and O–H groups in total. The van der Waals surface area contributed by atoms with E-state index >= 15 is 0 Å². The Balaban J connectivity index is 0.00000576. The highest BCUT2D eigenvalue weighted by Crippen LogP contribution is 2.11. The third-order valence-electron chi connectivity index (χ3n) is 4.41. The smallest absolute Gasteiger partial charge is 0.379 e. The van der Waals surface area contributed by atoms with Crippen LogP contribution in [0.2, 0.25) is 0 Å². The van der Waals surface area contributed by atoms with E-state index in [1.54, 1.807) is 26.6 Å². The Labute approximate surface area is 161 Å². The fourth-order valence-electron chi connectivity index (χ4n) is 2.79. The van der Waals surface area contributed by atoms with E-state index in [1.165, 1.54) is 72.5 Å². The first-order chi connectivity index (χ1) is 11.5. The van der Waals surface area contributed by atoms with Gasteiger partial charge in [-0.25, -0.2) is 4.57 Å². The van der Waals surface area contributed by atoms with Gasteiger partial charge in [0, 0.05) is 14.1 Å². The molecule has 0 bridgehead atoms. The molecule has 0 spiro atoms. The molecule has 0 saturated heterocycles. The summed E-state index contributed by atoms with van der Waals surface area (Å²) in [6, 6.07) is 0. The van der Waals surface area contributed by atoms with E-state index in [2.05, 4.69) is 6.92 Å². The van der Waals surface area contributed by atoms with E-state index in [0.29, 0.717) is 0 Å². The van der Waals surface area contributed by atoms with E-state index in [0.717, 1.165) is 13.0 Å². The first-order valence-corrected chi connectivity index (χ1v) is 10.9. The fourth-order valence-corrected chi connectivity index (χ4v) is 3.62. The zero-order chi connectivity index (χ0) is 17.8. The van der Waals surface area contributed by atoms with Crippen molar-refractivity contribution >= 4 is 10.2 Å². The van der Waals surface area contributed by atoms with Gasteiger partial charge in [0.05, 0.1) is 6.54 Å². The molecule has 148 valence electrons. The molecule has 0 aliphatic carbocycles. The molecule has 25 heavy (non-hydrogen) atoms. The third kappa shape index (κ3) is 9.61. The van der Waals surface area contributed by atoms with Gasteiger partial charge in [-0.1, -0.05) is 64.7 Å². The van der Waals surface area contributed by atoms with Crippen LogP contribution in [0, 0.1) is 0 Å². The minimum atomic E-state index is -3.38. The summed E-state index contributed by atoms with van der Waals surface area (Å²) in [6.07, 6.45) is 19.7. The summed E-state index contributed by atoms with van der Waals surface area (Å²) in [5.74, 6) is 0. The summed E-state index contributed by atoms with van der Waals surface area (Å²) in [5, 5.41) is 0. The van der Waals surface area contributed by atoms with Crippen molar-refractivity contribution in [1.82, 2.24) is 8.28 Å². The SMILES string of the molecule is CCCCCCCCCCCCC[n+]1ccn(S(=O)(=O)N(C)C)c1.[Cl-]. The Morgan fingerprint density at radius 2 is 1.36 bits per heavy atom. The minimum Gasteiger partial charge on any atom is -1.00 e. The first kappa shape index (κ1) is 24.4. The van der Waals surface area contributed by atoms with E-state index in [1.807, 2.05) is 10.8 Å². The van der Waals surface area contributed by atoms with Crippen molar-refractivity contribution < 1.29 is 25.4 Å². The van der Waals surface area contributed by atoms with Crippen LogP contribution in [0.1, 0.15) is 77.6 Å². The lowest BCUT2D eigenvalue weighted by Gasteiger charge is -2.05. The predicted molar refractivity (Wildman–Crippen MR) is 99.1 cm³/mol. The maximum absolute atomic E-state index is 12.0. The van der Waals surface area contributed by atoms with Crippen molar-refractivity contribution in [2.24, 2.45) is 0 Å². The van der Waals surface area contributed by atoms with Crippen LogP contribution in [0.5, 0.6) is 0 Å². The molecule has 0 radical (unpaired) electrons. The van der Waals surface area contributed by atoms with E-state index in [9.17, 15) is 8.42 Å². The van der Waals surface area contributed by atoms with Crippen molar-refractivity contribution in [2.75, 3.05) is 14.1 Å². The van der Waals surface area contributed by atoms with Crippen molar-refractivity contribution in [2.45, 2.75) is 84.1 Å². The second-order valence-electron chi connectivity index (χ2n) is 6.81. The zero-order valence-electron chi connectivity index (χ0n) is 16.2. The summed E-state index contributed by atoms with van der Waals surface area (Å²) in [7, 11) is -0.291. The Morgan fingerprint density at radius 3 is 1.84 bits per heavy atom. The monoisotopic (exact) mass is 393 g/mol. The minimum absolute atomic E-state index is 0. The van der Waals surface area contributed by atoms with Crippen molar-refractivity contribution in [3.63, 3.8) is 0 Å². The molecule has 0 unspecified atom stereocenters. The fraction of sp³-hybridized carbons (Fsp3) is 0.833. The molecule has 5 nitrogen and oxygen atoms in total. The molecule has 7 heteroatoms. The number of aryl methyl sites for hydroxylation is 1. The van der Waals surface area contributed by atoms with Gasteiger partial charge in [-0.2, -0.15) is 12.7 Å². The number of hydrogen-bond donors (Lipinski definition) is 0. The summed E-state index contributed by atoms with van der Waals surface area (Å²) >= 11 is 0. The quantitative estimate of drug-likeness (QED) is 0.346. The average molecular weight is 394 g/mol. The second-order valence-corrected chi connectivity index (χ2v) is 8.85. The number of halogens is 1. The van der Waals surface area contributed by atoms with Crippen molar-refractivity contribution in [1.29, 1.82) is 0 Å². The van der Waals surface area contributed by atoms with Crippen molar-refractivity contribution in [3.05, 3.63) is 18.7 Å². The van der Waals surface area contributed by atoms with Gasteiger partial charge in [0.2, 0.25) is 0 Å². The molecule has 1 rings (SSSR count). The van der Waals surface area contributed by atoms with E-state index in [-0.39, 0.29) is 12.4 Å². The summed E-state index contributed by atoms with van der Waals surface area (Å²) in [4.78, 5) is 0. The third-order valence-corrected chi connectivity index (χ3v) is 6.09. The lowest BCUT2D eigenvalue weighted by atomic mass is 10.1. The van der Waals surface area contributed by atoms with Crippen LogP contribution in [0.25, 0.3) is 0 Å². The van der Waals surface area contributed by atoms with Crippen LogP contribution in [0.3, 0.4) is 0 Å². The number of rotatable bonds is 14. The highest BCUT2D eigenvalue weighted by molar-refractivity contribution is 7.87. The number of aromatic nitrogens is 2. The number of imidazole rings is 1. The van der Waals surface area contributed by atoms with Gasteiger partial charge in [-0.05, 0) is 12.8 Å². The predicted octanol–water partition coefficient (Wildman–Crippen LogP) is 0.745.